The van der Waals surface area contributed by atoms with Crippen molar-refractivity contribution in [3.8, 4) is 10.4 Å². The van der Waals surface area contributed by atoms with E-state index in [0.717, 1.165) is 40.1 Å². The number of carbonyl (C=O) groups is 1. The smallest absolute Gasteiger partial charge is 0.253 e. The van der Waals surface area contributed by atoms with Gasteiger partial charge in [0.2, 0.25) is 0 Å². The molecule has 0 aliphatic carbocycles. The second kappa shape index (κ2) is 10.4. The molecule has 3 unspecified atom stereocenters. The number of para-hydroxylation sites is 1. The van der Waals surface area contributed by atoms with Crippen molar-refractivity contribution >= 4 is 28.1 Å². The number of rotatable bonds is 6. The summed E-state index contributed by atoms with van der Waals surface area (Å²) in [7, 11) is 0. The monoisotopic (exact) mass is 504 g/mol. The number of hydrogen-bond acceptors (Lipinski definition) is 6. The van der Waals surface area contributed by atoms with Gasteiger partial charge in [-0.05, 0) is 56.5 Å². The second-order valence-electron chi connectivity index (χ2n) is 9.30. The van der Waals surface area contributed by atoms with E-state index in [1.807, 2.05) is 31.2 Å². The number of carbonyl (C=O) groups excluding carboxylic acids is 1. The Balaban J connectivity index is 1.38. The molecule has 0 bridgehead atoms. The third kappa shape index (κ3) is 4.89. The average Bonchev–Trinajstić information content (AvgIpc) is 3.28. The number of aliphatic hydroxyl groups excluding tert-OH is 1. The second-order valence-corrected chi connectivity index (χ2v) is 10.5. The lowest BCUT2D eigenvalue weighted by Crippen LogP contribution is -2.52. The molecule has 4 aromatic rings. The molecular weight excluding hydrogens is 475 g/mol. The van der Waals surface area contributed by atoms with Crippen molar-refractivity contribution in [2.45, 2.75) is 51.4 Å². The summed E-state index contributed by atoms with van der Waals surface area (Å²) in [5, 5.41) is 16.4. The number of thiazole rings is 1. The Morgan fingerprint density at radius 2 is 1.97 bits per heavy atom. The molecule has 36 heavy (non-hydrogen) atoms. The molecule has 1 fully saturated rings. The van der Waals surface area contributed by atoms with Gasteiger partial charge in [0.25, 0.3) is 5.91 Å². The number of fused-ring (bicyclic) bond motifs is 1. The van der Waals surface area contributed by atoms with Crippen molar-refractivity contribution < 1.29 is 14.3 Å². The summed E-state index contributed by atoms with van der Waals surface area (Å²) >= 11 is 1.49. The lowest BCUT2D eigenvalue weighted by molar-refractivity contribution is -0.0717. The number of aliphatic hydroxyl groups is 1. The molecule has 0 saturated carbocycles. The van der Waals surface area contributed by atoms with Crippen LogP contribution in [0.1, 0.15) is 53.5 Å². The van der Waals surface area contributed by atoms with Gasteiger partial charge in [0, 0.05) is 30.2 Å². The highest BCUT2D eigenvalue weighted by atomic mass is 32.1. The predicted molar refractivity (Wildman–Crippen MR) is 140 cm³/mol. The fourth-order valence-electron chi connectivity index (χ4n) is 5.12. The number of nitrogens with one attached hydrogen (secondary N) is 1. The zero-order valence-corrected chi connectivity index (χ0v) is 21.1. The summed E-state index contributed by atoms with van der Waals surface area (Å²) in [6.07, 6.45) is 3.57. The van der Waals surface area contributed by atoms with Gasteiger partial charge in [0.1, 0.15) is 11.5 Å². The fourth-order valence-corrected chi connectivity index (χ4v) is 6.06. The number of halogens is 1. The van der Waals surface area contributed by atoms with E-state index in [9.17, 15) is 14.3 Å². The number of likely N-dealkylation sites (tertiary alicyclic amines) is 1. The van der Waals surface area contributed by atoms with Gasteiger partial charge in [0.15, 0.2) is 6.23 Å². The highest BCUT2D eigenvalue weighted by molar-refractivity contribution is 7.15. The fraction of sp³-hybridized carbons (Fsp3) is 0.321. The van der Waals surface area contributed by atoms with E-state index < -0.39 is 6.23 Å². The van der Waals surface area contributed by atoms with Crippen molar-refractivity contribution in [2.75, 3.05) is 6.54 Å². The molecule has 0 spiro atoms. The zero-order valence-electron chi connectivity index (χ0n) is 20.3. The van der Waals surface area contributed by atoms with Crippen LogP contribution in [0.15, 0.2) is 60.8 Å². The van der Waals surface area contributed by atoms with Crippen LogP contribution < -0.4 is 5.32 Å². The number of hydrogen-bond donors (Lipinski definition) is 2. The number of piperidine rings is 1. The molecule has 3 atom stereocenters. The van der Waals surface area contributed by atoms with Crippen molar-refractivity contribution in [1.82, 2.24) is 20.2 Å². The number of benzene rings is 2. The maximum atomic E-state index is 13.5. The lowest BCUT2D eigenvalue weighted by atomic mass is 9.95. The number of amides is 1. The minimum atomic E-state index is -0.938. The molecule has 1 aliphatic heterocycles. The highest BCUT2D eigenvalue weighted by Crippen LogP contribution is 2.38. The van der Waals surface area contributed by atoms with Gasteiger partial charge in [0.05, 0.1) is 21.0 Å². The van der Waals surface area contributed by atoms with Gasteiger partial charge < -0.3 is 10.4 Å². The van der Waals surface area contributed by atoms with Crippen LogP contribution in [0, 0.1) is 12.7 Å². The zero-order chi connectivity index (χ0) is 25.2. The first-order chi connectivity index (χ1) is 17.4. The van der Waals surface area contributed by atoms with E-state index in [0.29, 0.717) is 23.3 Å². The minimum absolute atomic E-state index is 0.0568. The van der Waals surface area contributed by atoms with E-state index in [-0.39, 0.29) is 23.8 Å². The van der Waals surface area contributed by atoms with Crippen LogP contribution in [-0.4, -0.2) is 44.5 Å². The summed E-state index contributed by atoms with van der Waals surface area (Å²) in [5.41, 5.74) is 2.62. The normalized spacial score (nSPS) is 19.3. The Labute approximate surface area is 213 Å². The molecule has 1 saturated heterocycles. The maximum absolute atomic E-state index is 13.5. The Hall–Kier alpha value is -3.20. The third-order valence-electron chi connectivity index (χ3n) is 6.86. The molecule has 3 heterocycles. The molecule has 8 heteroatoms. The Kier molecular flexibility index (Phi) is 7.09. The Bertz CT molecular complexity index is 1370. The van der Waals surface area contributed by atoms with Gasteiger partial charge in [-0.3, -0.25) is 14.7 Å². The van der Waals surface area contributed by atoms with Crippen molar-refractivity contribution in [3.63, 3.8) is 0 Å². The van der Waals surface area contributed by atoms with Gasteiger partial charge in [-0.1, -0.05) is 36.8 Å². The summed E-state index contributed by atoms with van der Waals surface area (Å²) in [4.78, 5) is 25.1. The van der Waals surface area contributed by atoms with Crippen LogP contribution in [0.3, 0.4) is 0 Å². The first kappa shape index (κ1) is 24.5. The maximum Gasteiger partial charge on any atom is 0.253 e. The SMILES string of the molecule is Cc1nc(C(O)N2C(C)CCCC2CNC(=O)c2cccc3cccnc23)c(-c2ccc(F)cc2)s1. The van der Waals surface area contributed by atoms with Crippen molar-refractivity contribution in [1.29, 1.82) is 0 Å². The summed E-state index contributed by atoms with van der Waals surface area (Å²) in [5.74, 6) is -0.479. The molecule has 0 radical (unpaired) electrons. The van der Waals surface area contributed by atoms with Crippen LogP contribution in [-0.2, 0) is 0 Å². The number of aromatic nitrogens is 2. The quantitative estimate of drug-likeness (QED) is 0.364. The molecule has 1 aliphatic rings. The highest BCUT2D eigenvalue weighted by Gasteiger charge is 2.36. The van der Waals surface area contributed by atoms with E-state index in [2.05, 4.69) is 27.1 Å². The largest absolute Gasteiger partial charge is 0.372 e. The number of pyridine rings is 1. The standard InChI is InChI=1S/C28H29FN4O2S/c1-17-6-3-9-22(16-31-27(34)23-10-4-7-19-8-5-15-30-24(19)23)33(17)28(35)25-26(36-18(2)32-25)20-11-13-21(29)14-12-20/h4-5,7-8,10-15,17,22,28,35H,3,6,9,16H2,1-2H3,(H,31,34). The molecular formula is C28H29FN4O2S. The average molecular weight is 505 g/mol. The Morgan fingerprint density at radius 1 is 1.19 bits per heavy atom. The van der Waals surface area contributed by atoms with Crippen LogP contribution in [0.2, 0.25) is 0 Å². The molecule has 5 rings (SSSR count). The minimum Gasteiger partial charge on any atom is -0.372 e. The number of nitrogens with zero attached hydrogens (tertiary/aromatic N) is 3. The van der Waals surface area contributed by atoms with Crippen LogP contribution in [0.25, 0.3) is 21.3 Å². The van der Waals surface area contributed by atoms with E-state index in [1.54, 1.807) is 24.4 Å². The van der Waals surface area contributed by atoms with E-state index in [1.165, 1.54) is 23.5 Å². The molecule has 1 amide bonds. The number of aryl methyl sites for hydroxylation is 1. The molecule has 2 aromatic heterocycles. The van der Waals surface area contributed by atoms with Gasteiger partial charge in [-0.2, -0.15) is 0 Å². The molecule has 186 valence electrons. The van der Waals surface area contributed by atoms with Crippen molar-refractivity contribution in [3.05, 3.63) is 82.9 Å². The molecule has 2 aromatic carbocycles. The van der Waals surface area contributed by atoms with Crippen LogP contribution in [0.4, 0.5) is 4.39 Å². The van der Waals surface area contributed by atoms with E-state index in [4.69, 9.17) is 0 Å². The van der Waals surface area contributed by atoms with Crippen LogP contribution >= 0.6 is 11.3 Å². The van der Waals surface area contributed by atoms with Gasteiger partial charge in [-0.15, -0.1) is 11.3 Å². The summed E-state index contributed by atoms with van der Waals surface area (Å²) < 4.78 is 13.5. The Morgan fingerprint density at radius 3 is 2.78 bits per heavy atom. The lowest BCUT2D eigenvalue weighted by Gasteiger charge is -2.43. The topological polar surface area (TPSA) is 78.4 Å². The van der Waals surface area contributed by atoms with Gasteiger partial charge >= 0.3 is 0 Å². The summed E-state index contributed by atoms with van der Waals surface area (Å²) in [6, 6.07) is 15.7. The predicted octanol–water partition coefficient (Wildman–Crippen LogP) is 5.47. The van der Waals surface area contributed by atoms with Crippen LogP contribution in [0.5, 0.6) is 0 Å². The third-order valence-corrected chi connectivity index (χ3v) is 7.89. The first-order valence-corrected chi connectivity index (χ1v) is 13.0. The summed E-state index contributed by atoms with van der Waals surface area (Å²) in [6.45, 7) is 4.41. The first-order valence-electron chi connectivity index (χ1n) is 12.2. The van der Waals surface area contributed by atoms with E-state index >= 15 is 0 Å². The van der Waals surface area contributed by atoms with Gasteiger partial charge in [-0.25, -0.2) is 9.37 Å². The molecule has 6 nitrogen and oxygen atoms in total. The molecule has 2 N–H and O–H groups in total. The van der Waals surface area contributed by atoms with Crippen molar-refractivity contribution in [2.24, 2.45) is 0 Å².